The molecule has 0 spiro atoms. The Bertz CT molecular complexity index is 1110. The number of ether oxygens (including phenoxy) is 1. The van der Waals surface area contributed by atoms with Crippen molar-refractivity contribution in [3.05, 3.63) is 54.4 Å². The Morgan fingerprint density at radius 2 is 2.06 bits per heavy atom. The molecule has 190 valence electrons. The summed E-state index contributed by atoms with van der Waals surface area (Å²) < 4.78 is 35.1. The van der Waals surface area contributed by atoms with Gasteiger partial charge in [0.05, 0.1) is 12.0 Å². The molecule has 2 aromatic rings. The molecule has 3 rings (SSSR count). The SMILES string of the molecule is CC#CC(NCC(CSCc1cccnc1)C(=O)NC1(C#N)CC1)C(F)(F)Oc1ccc(SC)cc1. The summed E-state index contributed by atoms with van der Waals surface area (Å²) >= 11 is 2.99. The lowest BCUT2D eigenvalue weighted by Crippen LogP contribution is -2.51. The number of pyridine rings is 1. The lowest BCUT2D eigenvalue weighted by Gasteiger charge is -2.26. The highest BCUT2D eigenvalue weighted by atomic mass is 32.2. The number of carbonyl (C=O) groups excluding carboxylic acids is 1. The van der Waals surface area contributed by atoms with Crippen molar-refractivity contribution in [2.75, 3.05) is 18.6 Å². The third-order valence-electron chi connectivity index (χ3n) is 5.51. The van der Waals surface area contributed by atoms with E-state index in [9.17, 15) is 10.1 Å². The van der Waals surface area contributed by atoms with Crippen molar-refractivity contribution >= 4 is 29.4 Å². The Balaban J connectivity index is 1.66. The van der Waals surface area contributed by atoms with Crippen LogP contribution in [0.2, 0.25) is 0 Å². The van der Waals surface area contributed by atoms with E-state index in [2.05, 4.69) is 33.5 Å². The highest BCUT2D eigenvalue weighted by molar-refractivity contribution is 7.98. The zero-order chi connectivity index (χ0) is 26.0. The predicted molar refractivity (Wildman–Crippen MR) is 139 cm³/mol. The minimum atomic E-state index is -3.64. The third-order valence-corrected chi connectivity index (χ3v) is 7.43. The molecule has 1 saturated carbocycles. The van der Waals surface area contributed by atoms with E-state index in [0.717, 1.165) is 10.5 Å². The number of alkyl halides is 2. The molecule has 0 radical (unpaired) electrons. The molecule has 0 bridgehead atoms. The van der Waals surface area contributed by atoms with Gasteiger partial charge < -0.3 is 10.1 Å². The number of thioether (sulfide) groups is 2. The van der Waals surface area contributed by atoms with Gasteiger partial charge in [-0.15, -0.1) is 17.7 Å². The lowest BCUT2D eigenvalue weighted by molar-refractivity contribution is -0.187. The normalized spacial score (nSPS) is 15.5. The maximum atomic E-state index is 15.1. The summed E-state index contributed by atoms with van der Waals surface area (Å²) in [5.74, 6) is 4.99. The van der Waals surface area contributed by atoms with E-state index in [0.29, 0.717) is 24.3 Å². The average molecular weight is 531 g/mol. The molecule has 1 heterocycles. The number of nitrogens with one attached hydrogen (secondary N) is 2. The van der Waals surface area contributed by atoms with E-state index in [1.807, 2.05) is 18.4 Å². The fourth-order valence-electron chi connectivity index (χ4n) is 3.28. The zero-order valence-electron chi connectivity index (χ0n) is 20.1. The first-order chi connectivity index (χ1) is 17.3. The molecule has 2 atom stereocenters. The first kappa shape index (κ1) is 27.8. The van der Waals surface area contributed by atoms with Crippen molar-refractivity contribution in [2.24, 2.45) is 5.92 Å². The van der Waals surface area contributed by atoms with Gasteiger partial charge in [0, 0.05) is 35.3 Å². The summed E-state index contributed by atoms with van der Waals surface area (Å²) in [6.45, 7) is 1.41. The largest absolute Gasteiger partial charge is 0.431 e. The van der Waals surface area contributed by atoms with Crippen molar-refractivity contribution in [1.82, 2.24) is 15.6 Å². The second-order valence-electron chi connectivity index (χ2n) is 8.33. The molecule has 1 fully saturated rings. The molecule has 1 aromatic heterocycles. The molecule has 1 aromatic carbocycles. The number of halogens is 2. The summed E-state index contributed by atoms with van der Waals surface area (Å²) in [6.07, 6.45) is 2.85. The van der Waals surface area contributed by atoms with E-state index in [1.54, 1.807) is 24.5 Å². The number of rotatable bonds is 13. The van der Waals surface area contributed by atoms with Crippen molar-refractivity contribution in [3.63, 3.8) is 0 Å². The highest BCUT2D eigenvalue weighted by Gasteiger charge is 2.46. The van der Waals surface area contributed by atoms with E-state index < -0.39 is 23.6 Å². The van der Waals surface area contributed by atoms with Crippen LogP contribution in [0.3, 0.4) is 0 Å². The summed E-state index contributed by atoms with van der Waals surface area (Å²) in [5.41, 5.74) is 0.148. The molecule has 0 saturated heterocycles. The Morgan fingerprint density at radius 3 is 2.64 bits per heavy atom. The Kier molecular flexibility index (Phi) is 10.0. The van der Waals surface area contributed by atoms with Crippen molar-refractivity contribution in [3.8, 4) is 23.7 Å². The van der Waals surface area contributed by atoms with Gasteiger partial charge in [-0.2, -0.15) is 25.8 Å². The van der Waals surface area contributed by atoms with Gasteiger partial charge in [0.1, 0.15) is 11.3 Å². The van der Waals surface area contributed by atoms with Crippen LogP contribution in [0.15, 0.2) is 53.7 Å². The van der Waals surface area contributed by atoms with Gasteiger partial charge in [-0.25, -0.2) is 0 Å². The number of carbonyl (C=O) groups is 1. The number of amides is 1. The number of nitrogens with zero attached hydrogens (tertiary/aromatic N) is 2. The monoisotopic (exact) mass is 530 g/mol. The number of hydrogen-bond donors (Lipinski definition) is 2. The van der Waals surface area contributed by atoms with Crippen LogP contribution in [0.5, 0.6) is 5.75 Å². The van der Waals surface area contributed by atoms with Gasteiger partial charge in [0.25, 0.3) is 0 Å². The fraction of sp³-hybridized carbons (Fsp3) is 0.423. The summed E-state index contributed by atoms with van der Waals surface area (Å²) in [4.78, 5) is 18.0. The molecular weight excluding hydrogens is 502 g/mol. The molecule has 1 aliphatic rings. The predicted octanol–water partition coefficient (Wildman–Crippen LogP) is 4.48. The first-order valence-electron chi connectivity index (χ1n) is 11.4. The summed E-state index contributed by atoms with van der Waals surface area (Å²) in [7, 11) is 0. The molecule has 36 heavy (non-hydrogen) atoms. The number of nitriles is 1. The van der Waals surface area contributed by atoms with Crippen LogP contribution in [0.25, 0.3) is 0 Å². The van der Waals surface area contributed by atoms with Crippen LogP contribution in [0, 0.1) is 29.1 Å². The van der Waals surface area contributed by atoms with Crippen molar-refractivity contribution in [2.45, 2.75) is 48.1 Å². The van der Waals surface area contributed by atoms with Gasteiger partial charge in [-0.1, -0.05) is 12.0 Å². The second-order valence-corrected chi connectivity index (χ2v) is 10.2. The van der Waals surface area contributed by atoms with Gasteiger partial charge >= 0.3 is 6.11 Å². The molecule has 10 heteroatoms. The van der Waals surface area contributed by atoms with Crippen molar-refractivity contribution in [1.29, 1.82) is 5.26 Å². The van der Waals surface area contributed by atoms with Crippen LogP contribution < -0.4 is 15.4 Å². The molecule has 0 aliphatic heterocycles. The maximum Gasteiger partial charge on any atom is 0.425 e. The molecule has 1 aliphatic carbocycles. The topological polar surface area (TPSA) is 87.0 Å². The Morgan fingerprint density at radius 1 is 1.31 bits per heavy atom. The van der Waals surface area contributed by atoms with Gasteiger partial charge in [0.15, 0.2) is 6.04 Å². The maximum absolute atomic E-state index is 15.1. The van der Waals surface area contributed by atoms with E-state index in [-0.39, 0.29) is 18.2 Å². The number of benzene rings is 1. The van der Waals surface area contributed by atoms with Crippen LogP contribution in [-0.2, 0) is 10.5 Å². The van der Waals surface area contributed by atoms with Crippen LogP contribution >= 0.6 is 23.5 Å². The minimum absolute atomic E-state index is 0.0218. The van der Waals surface area contributed by atoms with E-state index in [1.165, 1.54) is 42.6 Å². The quantitative estimate of drug-likeness (QED) is 0.292. The second kappa shape index (κ2) is 13.0. The highest BCUT2D eigenvalue weighted by Crippen LogP contribution is 2.35. The van der Waals surface area contributed by atoms with Crippen LogP contribution in [-0.4, -0.2) is 47.1 Å². The lowest BCUT2D eigenvalue weighted by atomic mass is 10.1. The van der Waals surface area contributed by atoms with Gasteiger partial charge in [-0.3, -0.25) is 15.1 Å². The molecule has 2 unspecified atom stereocenters. The summed E-state index contributed by atoms with van der Waals surface area (Å²) in [6, 6.07) is 10.6. The smallest absolute Gasteiger partial charge is 0.425 e. The molecule has 2 N–H and O–H groups in total. The molecule has 1 amide bonds. The Labute approximate surface area is 219 Å². The number of aromatic nitrogens is 1. The fourth-order valence-corrected chi connectivity index (χ4v) is 4.76. The average Bonchev–Trinajstić information content (AvgIpc) is 3.65. The third kappa shape index (κ3) is 8.12. The van der Waals surface area contributed by atoms with E-state index in [4.69, 9.17) is 4.74 Å². The van der Waals surface area contributed by atoms with Gasteiger partial charge in [-0.05, 0) is 61.9 Å². The van der Waals surface area contributed by atoms with Crippen molar-refractivity contribution < 1.29 is 18.3 Å². The van der Waals surface area contributed by atoms with Crippen LogP contribution in [0.4, 0.5) is 8.78 Å². The molecular formula is C26H28F2N4O2S2. The Hall–Kier alpha value is -2.79. The minimum Gasteiger partial charge on any atom is -0.431 e. The van der Waals surface area contributed by atoms with E-state index >= 15 is 8.78 Å². The first-order valence-corrected chi connectivity index (χ1v) is 13.8. The summed E-state index contributed by atoms with van der Waals surface area (Å²) in [5, 5.41) is 14.9. The standard InChI is InChI=1S/C26H28F2N4O2S2/c1-3-5-23(26(27,28)34-21-7-9-22(35-2)10-8-21)31-15-20(24(33)32-25(18-29)11-12-25)17-36-16-19-6-4-13-30-14-19/h4,6-10,13-14,20,23,31H,11-12,15-17H2,1-2H3,(H,32,33). The number of hydrogen-bond acceptors (Lipinski definition) is 7. The molecule has 6 nitrogen and oxygen atoms in total. The van der Waals surface area contributed by atoms with Crippen LogP contribution in [0.1, 0.15) is 25.3 Å². The zero-order valence-corrected chi connectivity index (χ0v) is 21.7. The van der Waals surface area contributed by atoms with Gasteiger partial charge in [0.2, 0.25) is 5.91 Å².